The number of carboxylic acids is 1. The molecule has 3 aromatic carbocycles. The fourth-order valence-corrected chi connectivity index (χ4v) is 6.86. The number of carbonyl (C=O) groups is 2. The maximum absolute atomic E-state index is 14.1. The lowest BCUT2D eigenvalue weighted by Crippen LogP contribution is -2.41. The highest BCUT2D eigenvalue weighted by Crippen LogP contribution is 2.32. The highest BCUT2D eigenvalue weighted by atomic mass is 32.2. The monoisotopic (exact) mass is 694 g/mol. The number of pyridine rings is 1. The van der Waals surface area contributed by atoms with Gasteiger partial charge >= 0.3 is 11.9 Å². The number of nitrogens with zero attached hydrogens (tertiary/aromatic N) is 2. The van der Waals surface area contributed by atoms with Crippen molar-refractivity contribution in [2.24, 2.45) is 0 Å². The summed E-state index contributed by atoms with van der Waals surface area (Å²) in [4.78, 5) is 25.7. The van der Waals surface area contributed by atoms with Crippen molar-refractivity contribution in [1.82, 2.24) is 0 Å². The SMILES string of the molecule is CCCC[N+](C)(C)CCCCCCOc1ccc2c(c1)c(C(=O)Oc1c(C)cc(C(=O)O)cc1C)c1ccccc1[n+]2CCCS(=O)(=O)O. The number of para-hydroxylation sites is 1. The van der Waals surface area contributed by atoms with E-state index in [1.165, 1.54) is 37.9 Å². The van der Waals surface area contributed by atoms with E-state index in [2.05, 4.69) is 21.0 Å². The summed E-state index contributed by atoms with van der Waals surface area (Å²) in [5.74, 6) is -1.20. The third-order valence-corrected chi connectivity index (χ3v) is 9.73. The average molecular weight is 695 g/mol. The van der Waals surface area contributed by atoms with Crippen LogP contribution in [-0.2, 0) is 16.7 Å². The van der Waals surface area contributed by atoms with Gasteiger partial charge in [-0.2, -0.15) is 13.0 Å². The van der Waals surface area contributed by atoms with E-state index in [1.807, 2.05) is 47.0 Å². The summed E-state index contributed by atoms with van der Waals surface area (Å²) >= 11 is 0. The second-order valence-corrected chi connectivity index (χ2v) is 15.1. The Morgan fingerprint density at radius 3 is 2.16 bits per heavy atom. The zero-order chi connectivity index (χ0) is 35.8. The lowest BCUT2D eigenvalue weighted by molar-refractivity contribution is -0.890. The van der Waals surface area contributed by atoms with Crippen molar-refractivity contribution in [3.63, 3.8) is 0 Å². The van der Waals surface area contributed by atoms with Gasteiger partial charge < -0.3 is 19.1 Å². The van der Waals surface area contributed by atoms with E-state index < -0.39 is 27.8 Å². The smallest absolute Gasteiger partial charge is 0.345 e. The Bertz CT molecular complexity index is 1900. The van der Waals surface area contributed by atoms with Gasteiger partial charge in [-0.1, -0.05) is 25.5 Å². The number of carboxylic acid groups (broad SMARTS) is 1. The van der Waals surface area contributed by atoms with Crippen molar-refractivity contribution in [3.8, 4) is 11.5 Å². The first kappa shape index (κ1) is 37.8. The van der Waals surface area contributed by atoms with Gasteiger partial charge in [0.15, 0.2) is 6.54 Å². The van der Waals surface area contributed by atoms with Crippen LogP contribution < -0.4 is 14.0 Å². The summed E-state index contributed by atoms with van der Waals surface area (Å²) < 4.78 is 47.6. The van der Waals surface area contributed by atoms with Crippen LogP contribution >= 0.6 is 0 Å². The van der Waals surface area contributed by atoms with Crippen molar-refractivity contribution in [1.29, 1.82) is 0 Å². The summed E-state index contributed by atoms with van der Waals surface area (Å²) in [5, 5.41) is 10.6. The molecule has 0 radical (unpaired) electrons. The van der Waals surface area contributed by atoms with Crippen molar-refractivity contribution >= 4 is 43.9 Å². The highest BCUT2D eigenvalue weighted by Gasteiger charge is 2.27. The minimum absolute atomic E-state index is 0.105. The molecule has 0 aliphatic carbocycles. The number of quaternary nitrogens is 1. The molecule has 1 aromatic heterocycles. The predicted molar refractivity (Wildman–Crippen MR) is 191 cm³/mol. The van der Waals surface area contributed by atoms with Gasteiger partial charge in [0.05, 0.1) is 61.4 Å². The summed E-state index contributed by atoms with van der Waals surface area (Å²) in [6.07, 6.45) is 6.86. The number of rotatable bonds is 18. The van der Waals surface area contributed by atoms with Crippen LogP contribution in [0, 0.1) is 13.8 Å². The third-order valence-electron chi connectivity index (χ3n) is 8.93. The molecule has 0 aliphatic heterocycles. The zero-order valence-corrected chi connectivity index (χ0v) is 30.1. The molecule has 11 heteroatoms. The second-order valence-electron chi connectivity index (χ2n) is 13.5. The molecule has 49 heavy (non-hydrogen) atoms. The molecule has 0 unspecified atom stereocenters. The Morgan fingerprint density at radius 2 is 1.49 bits per heavy atom. The molecule has 10 nitrogen and oxygen atoms in total. The van der Waals surface area contributed by atoms with E-state index >= 15 is 0 Å². The molecule has 0 bridgehead atoms. The van der Waals surface area contributed by atoms with Gasteiger partial charge in [-0.25, -0.2) is 9.59 Å². The van der Waals surface area contributed by atoms with Gasteiger partial charge in [-0.15, -0.1) is 0 Å². The van der Waals surface area contributed by atoms with E-state index in [0.29, 0.717) is 50.9 Å². The number of aromatic carboxylic acids is 1. The van der Waals surface area contributed by atoms with Gasteiger partial charge in [0.1, 0.15) is 11.5 Å². The standard InChI is InChI=1S/C38H48N2O8S/c1-6-7-20-40(4,5)21-12-8-9-13-22-47-30-17-18-34-32(26-30)35(38(43)48-36-27(2)24-29(37(41)42)25-28(36)3)31-15-10-11-16-33(31)39(34)19-14-23-49(44,45)46/h10-11,15-18,24-26H,6-9,12-14,19-23H2,1-5H3/p+2. The maximum Gasteiger partial charge on any atom is 0.345 e. The first-order valence-corrected chi connectivity index (χ1v) is 18.7. The molecule has 4 rings (SSSR count). The number of benzene rings is 3. The maximum atomic E-state index is 14.1. The first-order chi connectivity index (χ1) is 23.2. The summed E-state index contributed by atoms with van der Waals surface area (Å²) in [7, 11) is 0.430. The molecule has 2 N–H and O–H groups in total. The van der Waals surface area contributed by atoms with E-state index in [9.17, 15) is 27.7 Å². The number of carbonyl (C=O) groups excluding carboxylic acids is 1. The number of esters is 1. The third kappa shape index (κ3) is 10.2. The highest BCUT2D eigenvalue weighted by molar-refractivity contribution is 7.85. The van der Waals surface area contributed by atoms with Crippen LogP contribution in [0.3, 0.4) is 0 Å². The molecule has 0 amide bonds. The van der Waals surface area contributed by atoms with Gasteiger partial charge in [-0.05, 0) is 87.4 Å². The number of ether oxygens (including phenoxy) is 2. The largest absolute Gasteiger partial charge is 0.494 e. The quantitative estimate of drug-likeness (QED) is 0.0219. The molecule has 4 aromatic rings. The minimum atomic E-state index is -4.16. The van der Waals surface area contributed by atoms with Crippen LogP contribution in [0.5, 0.6) is 11.5 Å². The molecule has 0 saturated heterocycles. The number of hydrogen-bond donors (Lipinski definition) is 2. The van der Waals surface area contributed by atoms with Gasteiger partial charge in [0.25, 0.3) is 10.1 Å². The van der Waals surface area contributed by atoms with Crippen molar-refractivity contribution in [2.75, 3.05) is 39.5 Å². The van der Waals surface area contributed by atoms with Crippen LogP contribution in [0.15, 0.2) is 54.6 Å². The Balaban J connectivity index is 1.64. The van der Waals surface area contributed by atoms with Crippen molar-refractivity contribution in [2.45, 2.75) is 72.3 Å². The van der Waals surface area contributed by atoms with Gasteiger partial charge in [0.2, 0.25) is 11.0 Å². The van der Waals surface area contributed by atoms with Crippen LogP contribution in [0.2, 0.25) is 0 Å². The van der Waals surface area contributed by atoms with Crippen molar-refractivity contribution < 1.29 is 46.2 Å². The molecule has 264 valence electrons. The normalized spacial score (nSPS) is 12.0. The Kier molecular flexibility index (Phi) is 12.8. The average Bonchev–Trinajstić information content (AvgIpc) is 3.03. The number of fused-ring (bicyclic) bond motifs is 2. The van der Waals surface area contributed by atoms with Gasteiger partial charge in [0, 0.05) is 18.6 Å². The van der Waals surface area contributed by atoms with Crippen LogP contribution in [0.4, 0.5) is 0 Å². The van der Waals surface area contributed by atoms with Gasteiger partial charge in [-0.3, -0.25) is 4.55 Å². The van der Waals surface area contributed by atoms with E-state index in [-0.39, 0.29) is 24.3 Å². The second kappa shape index (κ2) is 16.6. The van der Waals surface area contributed by atoms with E-state index in [1.54, 1.807) is 13.8 Å². The Hall–Kier alpha value is -4.06. The molecule has 0 spiro atoms. The topological polar surface area (TPSA) is 131 Å². The Morgan fingerprint density at radius 1 is 0.837 bits per heavy atom. The molecular weight excluding hydrogens is 644 g/mol. The van der Waals surface area contributed by atoms with E-state index in [0.717, 1.165) is 30.3 Å². The zero-order valence-electron chi connectivity index (χ0n) is 29.3. The van der Waals surface area contributed by atoms with Crippen LogP contribution in [-0.4, -0.2) is 74.0 Å². The molecule has 0 saturated carbocycles. The fourth-order valence-electron chi connectivity index (χ4n) is 6.36. The summed E-state index contributed by atoms with van der Waals surface area (Å²) in [6, 6.07) is 15.8. The number of aryl methyl sites for hydroxylation is 3. The number of unbranched alkanes of at least 4 members (excludes halogenated alkanes) is 4. The summed E-state index contributed by atoms with van der Waals surface area (Å²) in [5.41, 5.74) is 2.81. The van der Waals surface area contributed by atoms with E-state index in [4.69, 9.17) is 9.47 Å². The molecule has 1 heterocycles. The lowest BCUT2D eigenvalue weighted by atomic mass is 10.0. The first-order valence-electron chi connectivity index (χ1n) is 17.1. The number of hydrogen-bond acceptors (Lipinski definition) is 6. The van der Waals surface area contributed by atoms with Crippen LogP contribution in [0.25, 0.3) is 21.8 Å². The molecule has 0 fully saturated rings. The van der Waals surface area contributed by atoms with Crippen LogP contribution in [0.1, 0.15) is 83.7 Å². The van der Waals surface area contributed by atoms with Crippen molar-refractivity contribution in [3.05, 3.63) is 76.9 Å². The summed E-state index contributed by atoms with van der Waals surface area (Å²) in [6.45, 7) is 8.77. The number of aromatic nitrogens is 1. The fraction of sp³-hybridized carbons (Fsp3) is 0.447. The molecular formula is C38H50N2O8S+2. The predicted octanol–water partition coefficient (Wildman–Crippen LogP) is 6.91. The molecule has 0 aliphatic rings. The Labute approximate surface area is 289 Å². The lowest BCUT2D eigenvalue weighted by Gasteiger charge is -2.29. The minimum Gasteiger partial charge on any atom is -0.494 e. The molecule has 0 atom stereocenters.